The van der Waals surface area contributed by atoms with E-state index in [0.29, 0.717) is 18.8 Å². The number of aromatic amines is 1. The number of H-pyrrole nitrogens is 1. The Hall–Kier alpha value is -2.38. The summed E-state index contributed by atoms with van der Waals surface area (Å²) in [5.74, 6) is 0.0395. The van der Waals surface area contributed by atoms with Crippen molar-refractivity contribution in [3.05, 3.63) is 45.6 Å². The van der Waals surface area contributed by atoms with E-state index in [-0.39, 0.29) is 18.1 Å². The largest absolute Gasteiger partial charge is 0.394 e. The van der Waals surface area contributed by atoms with E-state index in [2.05, 4.69) is 36.3 Å². The maximum atomic E-state index is 13.1. The smallest absolute Gasteiger partial charge is 0.270 e. The Labute approximate surface area is 174 Å². The van der Waals surface area contributed by atoms with Crippen molar-refractivity contribution in [1.29, 1.82) is 0 Å². The first-order chi connectivity index (χ1) is 14.0. The van der Waals surface area contributed by atoms with Gasteiger partial charge in [0.25, 0.3) is 5.91 Å². The molecule has 2 aromatic heterocycles. The zero-order valence-corrected chi connectivity index (χ0v) is 17.7. The molecule has 29 heavy (non-hydrogen) atoms. The van der Waals surface area contributed by atoms with Gasteiger partial charge in [0.2, 0.25) is 0 Å². The minimum Gasteiger partial charge on any atom is -0.394 e. The third-order valence-corrected chi connectivity index (χ3v) is 7.32. The average Bonchev–Trinajstić information content (AvgIpc) is 3.27. The van der Waals surface area contributed by atoms with Gasteiger partial charge in [0, 0.05) is 28.7 Å². The second-order valence-corrected chi connectivity index (χ2v) is 9.59. The summed E-state index contributed by atoms with van der Waals surface area (Å²) in [6.45, 7) is 5.56. The molecule has 6 nitrogen and oxygen atoms in total. The van der Waals surface area contributed by atoms with Crippen LogP contribution in [0.1, 0.15) is 51.4 Å². The van der Waals surface area contributed by atoms with Gasteiger partial charge in [-0.2, -0.15) is 0 Å². The number of hydrogen-bond acceptors (Lipinski definition) is 5. The van der Waals surface area contributed by atoms with Gasteiger partial charge < -0.3 is 20.3 Å². The number of hydrogen-bond donors (Lipinski definition) is 3. The number of fused-ring (bicyclic) bond motifs is 2. The summed E-state index contributed by atoms with van der Waals surface area (Å²) in [7, 11) is 0. The number of carbonyl (C=O) groups is 1. The van der Waals surface area contributed by atoms with Crippen molar-refractivity contribution in [1.82, 2.24) is 14.9 Å². The molecule has 7 heteroatoms. The highest BCUT2D eigenvalue weighted by molar-refractivity contribution is 7.15. The van der Waals surface area contributed by atoms with Crippen molar-refractivity contribution in [2.45, 2.75) is 51.6 Å². The van der Waals surface area contributed by atoms with Crippen LogP contribution in [-0.2, 0) is 13.0 Å². The normalized spacial score (nSPS) is 17.8. The lowest BCUT2D eigenvalue weighted by molar-refractivity contribution is 0.0731. The SMILES string of the molecule is Cc1cc(C)c2cc(C(=O)N3CCc4nc(NC5(CO)CCC5)sc4C3)[nH]c2c1. The van der Waals surface area contributed by atoms with E-state index in [1.807, 2.05) is 11.0 Å². The molecule has 1 aliphatic carbocycles. The molecule has 0 saturated heterocycles. The zero-order chi connectivity index (χ0) is 20.2. The van der Waals surface area contributed by atoms with Crippen LogP contribution >= 0.6 is 11.3 Å². The number of thiazole rings is 1. The van der Waals surface area contributed by atoms with E-state index < -0.39 is 0 Å². The maximum Gasteiger partial charge on any atom is 0.270 e. The Balaban J connectivity index is 1.35. The van der Waals surface area contributed by atoms with Gasteiger partial charge in [-0.1, -0.05) is 17.4 Å². The molecule has 1 fully saturated rings. The van der Waals surface area contributed by atoms with Crippen LogP contribution in [0, 0.1) is 13.8 Å². The van der Waals surface area contributed by atoms with Crippen LogP contribution in [0.3, 0.4) is 0 Å². The van der Waals surface area contributed by atoms with Crippen LogP contribution in [0.5, 0.6) is 0 Å². The number of nitrogens with one attached hydrogen (secondary N) is 2. The first-order valence-corrected chi connectivity index (χ1v) is 11.0. The van der Waals surface area contributed by atoms with Gasteiger partial charge in [-0.05, 0) is 56.4 Å². The van der Waals surface area contributed by atoms with E-state index in [4.69, 9.17) is 4.98 Å². The van der Waals surface area contributed by atoms with E-state index >= 15 is 0 Å². The van der Waals surface area contributed by atoms with Crippen molar-refractivity contribution < 1.29 is 9.90 Å². The quantitative estimate of drug-likeness (QED) is 0.612. The summed E-state index contributed by atoms with van der Waals surface area (Å²) in [4.78, 5) is 24.2. The molecule has 1 aliphatic heterocycles. The van der Waals surface area contributed by atoms with Gasteiger partial charge in [0.15, 0.2) is 5.13 Å². The molecular formula is C22H26N4O2S. The van der Waals surface area contributed by atoms with Crippen molar-refractivity contribution in [3.8, 4) is 0 Å². The number of anilines is 1. The Morgan fingerprint density at radius 1 is 1.34 bits per heavy atom. The highest BCUT2D eigenvalue weighted by Crippen LogP contribution is 2.37. The molecule has 1 aromatic carbocycles. The van der Waals surface area contributed by atoms with Gasteiger partial charge in [-0.15, -0.1) is 0 Å². The third-order valence-electron chi connectivity index (χ3n) is 6.32. The predicted octanol–water partition coefficient (Wildman–Crippen LogP) is 3.77. The lowest BCUT2D eigenvalue weighted by Gasteiger charge is -2.40. The van der Waals surface area contributed by atoms with Gasteiger partial charge in [0.05, 0.1) is 24.4 Å². The van der Waals surface area contributed by atoms with Crippen LogP contribution in [-0.4, -0.2) is 44.6 Å². The van der Waals surface area contributed by atoms with Crippen molar-refractivity contribution in [2.75, 3.05) is 18.5 Å². The third kappa shape index (κ3) is 3.22. The number of aryl methyl sites for hydroxylation is 2. The zero-order valence-electron chi connectivity index (χ0n) is 16.8. The van der Waals surface area contributed by atoms with Crippen molar-refractivity contribution >= 4 is 33.3 Å². The first kappa shape index (κ1) is 18.6. The summed E-state index contributed by atoms with van der Waals surface area (Å²) in [6.07, 6.45) is 3.88. The summed E-state index contributed by atoms with van der Waals surface area (Å²) < 4.78 is 0. The molecule has 1 amide bonds. The minimum absolute atomic E-state index is 0.0395. The van der Waals surface area contributed by atoms with Crippen LogP contribution < -0.4 is 5.32 Å². The molecule has 3 heterocycles. The molecule has 3 N–H and O–H groups in total. The summed E-state index contributed by atoms with van der Waals surface area (Å²) in [5.41, 5.74) is 4.92. The van der Waals surface area contributed by atoms with E-state index in [1.165, 1.54) is 11.1 Å². The van der Waals surface area contributed by atoms with Gasteiger partial charge >= 0.3 is 0 Å². The Morgan fingerprint density at radius 2 is 2.17 bits per heavy atom. The second kappa shape index (κ2) is 6.85. The maximum absolute atomic E-state index is 13.1. The molecule has 0 bridgehead atoms. The fourth-order valence-corrected chi connectivity index (χ4v) is 5.60. The number of nitrogens with zero attached hydrogens (tertiary/aromatic N) is 2. The standard InChI is InChI=1S/C22H26N4O2S/c1-13-8-14(2)15-10-18(23-17(15)9-13)20(28)26-7-4-16-19(11-26)29-21(24-16)25-22(12-27)5-3-6-22/h8-10,23,27H,3-7,11-12H2,1-2H3,(H,24,25). The van der Waals surface area contributed by atoms with Crippen LogP contribution in [0.25, 0.3) is 10.9 Å². The molecule has 0 atom stereocenters. The average molecular weight is 411 g/mol. The summed E-state index contributed by atoms with van der Waals surface area (Å²) in [6, 6.07) is 6.21. The molecule has 0 radical (unpaired) electrons. The Kier molecular flexibility index (Phi) is 4.40. The fraction of sp³-hybridized carbons (Fsp3) is 0.455. The summed E-state index contributed by atoms with van der Waals surface area (Å²) >= 11 is 1.62. The lowest BCUT2D eigenvalue weighted by Crippen LogP contribution is -2.48. The highest BCUT2D eigenvalue weighted by Gasteiger charge is 2.37. The van der Waals surface area contributed by atoms with E-state index in [0.717, 1.165) is 52.3 Å². The lowest BCUT2D eigenvalue weighted by atomic mass is 9.77. The predicted molar refractivity (Wildman–Crippen MR) is 116 cm³/mol. The van der Waals surface area contributed by atoms with Gasteiger partial charge in [-0.25, -0.2) is 4.98 Å². The van der Waals surface area contributed by atoms with Crippen LogP contribution in [0.15, 0.2) is 18.2 Å². The number of aromatic nitrogens is 2. The molecule has 5 rings (SSSR count). The topological polar surface area (TPSA) is 81.2 Å². The molecule has 3 aromatic rings. The fourth-order valence-electron chi connectivity index (χ4n) is 4.46. The molecule has 2 aliphatic rings. The molecule has 152 valence electrons. The Bertz CT molecular complexity index is 1090. The Morgan fingerprint density at radius 3 is 2.90 bits per heavy atom. The summed E-state index contributed by atoms with van der Waals surface area (Å²) in [5, 5.41) is 15.1. The molecule has 0 unspecified atom stereocenters. The van der Waals surface area contributed by atoms with Crippen LogP contribution in [0.4, 0.5) is 5.13 Å². The molecule has 1 saturated carbocycles. The number of amides is 1. The van der Waals surface area contributed by atoms with E-state index in [1.54, 1.807) is 11.3 Å². The second-order valence-electron chi connectivity index (χ2n) is 8.51. The van der Waals surface area contributed by atoms with Gasteiger partial charge in [0.1, 0.15) is 5.69 Å². The molecular weight excluding hydrogens is 384 g/mol. The monoisotopic (exact) mass is 410 g/mol. The van der Waals surface area contributed by atoms with Crippen molar-refractivity contribution in [2.24, 2.45) is 0 Å². The van der Waals surface area contributed by atoms with E-state index in [9.17, 15) is 9.90 Å². The number of rotatable bonds is 4. The number of carbonyl (C=O) groups excluding carboxylic acids is 1. The van der Waals surface area contributed by atoms with Gasteiger partial charge in [-0.3, -0.25) is 4.79 Å². The minimum atomic E-state index is -0.198. The first-order valence-electron chi connectivity index (χ1n) is 10.2. The van der Waals surface area contributed by atoms with Crippen molar-refractivity contribution in [3.63, 3.8) is 0 Å². The highest BCUT2D eigenvalue weighted by atomic mass is 32.1. The number of benzene rings is 1. The number of aliphatic hydroxyl groups is 1. The number of aliphatic hydroxyl groups excluding tert-OH is 1. The van der Waals surface area contributed by atoms with Crippen LogP contribution in [0.2, 0.25) is 0 Å². The molecule has 0 spiro atoms.